The number of piperazine rings is 1. The van der Waals surface area contributed by atoms with Crippen molar-refractivity contribution in [3.8, 4) is 0 Å². The molecular formula is C21H31N5O. The number of amides is 2. The van der Waals surface area contributed by atoms with Crippen molar-refractivity contribution >= 4 is 11.7 Å². The number of aromatic nitrogens is 2. The molecule has 3 rings (SSSR count). The monoisotopic (exact) mass is 369 g/mol. The minimum atomic E-state index is -0.00499. The second kappa shape index (κ2) is 8.57. The highest BCUT2D eigenvalue weighted by atomic mass is 16.2. The molecule has 0 spiro atoms. The summed E-state index contributed by atoms with van der Waals surface area (Å²) in [6.45, 7) is 13.8. The Kier molecular flexibility index (Phi) is 6.16. The second-order valence-electron chi connectivity index (χ2n) is 7.69. The molecule has 27 heavy (non-hydrogen) atoms. The molecule has 1 aromatic heterocycles. The summed E-state index contributed by atoms with van der Waals surface area (Å²) in [5, 5.41) is 3.02. The number of carbonyl (C=O) groups is 1. The molecule has 0 unspecified atom stereocenters. The molecule has 1 aromatic carbocycles. The van der Waals surface area contributed by atoms with Crippen LogP contribution in [-0.2, 0) is 6.54 Å². The first kappa shape index (κ1) is 19.4. The van der Waals surface area contributed by atoms with Gasteiger partial charge in [0.15, 0.2) is 0 Å². The first-order valence-electron chi connectivity index (χ1n) is 9.80. The van der Waals surface area contributed by atoms with Crippen molar-refractivity contribution in [2.24, 2.45) is 0 Å². The number of benzene rings is 1. The number of nitrogens with zero attached hydrogens (tertiary/aromatic N) is 4. The molecule has 2 heterocycles. The molecule has 1 aliphatic rings. The minimum absolute atomic E-state index is 0.00499. The van der Waals surface area contributed by atoms with Crippen LogP contribution in [0.15, 0.2) is 30.6 Å². The topological polar surface area (TPSA) is 53.4 Å². The van der Waals surface area contributed by atoms with Gasteiger partial charge in [-0.1, -0.05) is 19.9 Å². The number of nitrogens with one attached hydrogen (secondary N) is 1. The molecule has 0 atom stereocenters. The Morgan fingerprint density at radius 1 is 1.11 bits per heavy atom. The van der Waals surface area contributed by atoms with E-state index in [-0.39, 0.29) is 6.03 Å². The van der Waals surface area contributed by atoms with E-state index in [2.05, 4.69) is 53.7 Å². The highest BCUT2D eigenvalue weighted by Gasteiger charge is 2.21. The molecule has 6 nitrogen and oxygen atoms in total. The molecule has 146 valence electrons. The maximum Gasteiger partial charge on any atom is 0.321 e. The molecular weight excluding hydrogens is 338 g/mol. The molecule has 0 saturated carbocycles. The van der Waals surface area contributed by atoms with Crippen LogP contribution in [0.1, 0.15) is 36.7 Å². The average Bonchev–Trinajstić information content (AvgIpc) is 3.12. The molecule has 0 aliphatic carbocycles. The number of anilines is 1. The van der Waals surface area contributed by atoms with Gasteiger partial charge in [-0.05, 0) is 37.1 Å². The Balaban J connectivity index is 1.46. The molecule has 1 N–H and O–H groups in total. The predicted octanol–water partition coefficient (Wildman–Crippen LogP) is 3.47. The zero-order valence-corrected chi connectivity index (χ0v) is 16.9. The Bertz CT molecular complexity index is 775. The van der Waals surface area contributed by atoms with Crippen LogP contribution >= 0.6 is 0 Å². The summed E-state index contributed by atoms with van der Waals surface area (Å²) < 4.78 is 2.24. The highest BCUT2D eigenvalue weighted by molar-refractivity contribution is 5.89. The maximum atomic E-state index is 12.5. The smallest absolute Gasteiger partial charge is 0.321 e. The zero-order valence-electron chi connectivity index (χ0n) is 16.9. The lowest BCUT2D eigenvalue weighted by atomic mass is 10.1. The van der Waals surface area contributed by atoms with E-state index < -0.39 is 0 Å². The van der Waals surface area contributed by atoms with E-state index >= 15 is 0 Å². The summed E-state index contributed by atoms with van der Waals surface area (Å²) in [6.07, 6.45) is 3.94. The van der Waals surface area contributed by atoms with Gasteiger partial charge in [0.25, 0.3) is 0 Å². The summed E-state index contributed by atoms with van der Waals surface area (Å²) in [4.78, 5) is 21.3. The van der Waals surface area contributed by atoms with Gasteiger partial charge in [0.1, 0.15) is 5.82 Å². The van der Waals surface area contributed by atoms with Gasteiger partial charge in [0, 0.05) is 63.3 Å². The van der Waals surface area contributed by atoms with Crippen molar-refractivity contribution < 1.29 is 4.79 Å². The molecule has 0 bridgehead atoms. The molecule has 0 radical (unpaired) electrons. The number of hydrogen-bond acceptors (Lipinski definition) is 3. The van der Waals surface area contributed by atoms with E-state index in [1.807, 2.05) is 29.3 Å². The summed E-state index contributed by atoms with van der Waals surface area (Å²) in [6, 6.07) is 6.04. The van der Waals surface area contributed by atoms with Gasteiger partial charge in [-0.3, -0.25) is 4.90 Å². The first-order chi connectivity index (χ1) is 12.9. The summed E-state index contributed by atoms with van der Waals surface area (Å²) in [5.74, 6) is 1.58. The van der Waals surface area contributed by atoms with Crippen LogP contribution in [0.5, 0.6) is 0 Å². The van der Waals surface area contributed by atoms with Crippen molar-refractivity contribution in [3.05, 3.63) is 47.5 Å². The lowest BCUT2D eigenvalue weighted by molar-refractivity contribution is 0.144. The van der Waals surface area contributed by atoms with E-state index in [0.29, 0.717) is 5.92 Å². The largest absolute Gasteiger partial charge is 0.333 e. The van der Waals surface area contributed by atoms with Crippen molar-refractivity contribution in [3.63, 3.8) is 0 Å². The van der Waals surface area contributed by atoms with Gasteiger partial charge < -0.3 is 14.8 Å². The van der Waals surface area contributed by atoms with Crippen molar-refractivity contribution in [2.75, 3.05) is 38.0 Å². The Labute approximate surface area is 162 Å². The van der Waals surface area contributed by atoms with Crippen LogP contribution in [-0.4, -0.2) is 58.1 Å². The molecule has 1 saturated heterocycles. The third kappa shape index (κ3) is 4.89. The van der Waals surface area contributed by atoms with E-state index in [4.69, 9.17) is 0 Å². The Hall–Kier alpha value is -2.34. The number of hydrogen-bond donors (Lipinski definition) is 1. The van der Waals surface area contributed by atoms with Crippen molar-refractivity contribution in [1.29, 1.82) is 0 Å². The Morgan fingerprint density at radius 3 is 2.52 bits per heavy atom. The second-order valence-corrected chi connectivity index (χ2v) is 7.69. The minimum Gasteiger partial charge on any atom is -0.333 e. The van der Waals surface area contributed by atoms with Crippen LogP contribution in [0.25, 0.3) is 0 Å². The summed E-state index contributed by atoms with van der Waals surface area (Å²) in [7, 11) is 0. The van der Waals surface area contributed by atoms with E-state index in [9.17, 15) is 4.79 Å². The number of imidazole rings is 1. The van der Waals surface area contributed by atoms with E-state index in [1.54, 1.807) is 0 Å². The standard InChI is InChI=1S/C21H31N5O/c1-16(2)20-22-7-8-25(20)12-9-24-10-13-26(14-11-24)21(27)23-19-6-5-17(3)18(4)15-19/h5-8,15-16H,9-14H2,1-4H3,(H,23,27). The first-order valence-corrected chi connectivity index (χ1v) is 9.80. The average molecular weight is 370 g/mol. The summed E-state index contributed by atoms with van der Waals surface area (Å²) >= 11 is 0. The number of carbonyl (C=O) groups excluding carboxylic acids is 1. The van der Waals surface area contributed by atoms with Crippen LogP contribution in [0.2, 0.25) is 0 Å². The number of urea groups is 1. The van der Waals surface area contributed by atoms with Crippen LogP contribution < -0.4 is 5.32 Å². The van der Waals surface area contributed by atoms with Crippen molar-refractivity contribution in [1.82, 2.24) is 19.4 Å². The molecule has 6 heteroatoms. The maximum absolute atomic E-state index is 12.5. The zero-order chi connectivity index (χ0) is 19.4. The van der Waals surface area contributed by atoms with Crippen LogP contribution in [0.4, 0.5) is 10.5 Å². The van der Waals surface area contributed by atoms with Gasteiger partial charge in [0.2, 0.25) is 0 Å². The molecule has 2 aromatic rings. The van der Waals surface area contributed by atoms with Gasteiger partial charge in [0.05, 0.1) is 0 Å². The fourth-order valence-corrected chi connectivity index (χ4v) is 3.46. The number of aryl methyl sites for hydroxylation is 2. The van der Waals surface area contributed by atoms with E-state index in [1.165, 1.54) is 11.1 Å². The van der Waals surface area contributed by atoms with Crippen molar-refractivity contribution in [2.45, 2.75) is 40.2 Å². The van der Waals surface area contributed by atoms with Gasteiger partial charge in [-0.25, -0.2) is 9.78 Å². The highest BCUT2D eigenvalue weighted by Crippen LogP contribution is 2.15. The van der Waals surface area contributed by atoms with E-state index in [0.717, 1.165) is 50.8 Å². The predicted molar refractivity (Wildman–Crippen MR) is 109 cm³/mol. The fraction of sp³-hybridized carbons (Fsp3) is 0.524. The van der Waals surface area contributed by atoms with Gasteiger partial charge in [-0.2, -0.15) is 0 Å². The summed E-state index contributed by atoms with van der Waals surface area (Å²) in [5.41, 5.74) is 3.30. The molecule has 1 aliphatic heterocycles. The third-order valence-electron chi connectivity index (χ3n) is 5.34. The number of rotatable bonds is 5. The quantitative estimate of drug-likeness (QED) is 0.878. The third-order valence-corrected chi connectivity index (χ3v) is 5.34. The SMILES string of the molecule is Cc1ccc(NC(=O)N2CCN(CCn3ccnc3C(C)C)CC2)cc1C. The fourth-order valence-electron chi connectivity index (χ4n) is 3.46. The van der Waals surface area contributed by atoms with Crippen LogP contribution in [0, 0.1) is 13.8 Å². The molecule has 1 fully saturated rings. The lowest BCUT2D eigenvalue weighted by Crippen LogP contribution is -2.50. The van der Waals surface area contributed by atoms with Gasteiger partial charge in [-0.15, -0.1) is 0 Å². The van der Waals surface area contributed by atoms with Crippen LogP contribution in [0.3, 0.4) is 0 Å². The normalized spacial score (nSPS) is 15.4. The lowest BCUT2D eigenvalue weighted by Gasteiger charge is -2.34. The van der Waals surface area contributed by atoms with Gasteiger partial charge >= 0.3 is 6.03 Å². The molecule has 2 amide bonds. The Morgan fingerprint density at radius 2 is 1.85 bits per heavy atom.